The molecule has 0 spiro atoms. The van der Waals surface area contributed by atoms with Crippen LogP contribution in [0.1, 0.15) is 24.9 Å². The van der Waals surface area contributed by atoms with Crippen LogP contribution < -0.4 is 15.4 Å². The molecule has 0 radical (unpaired) electrons. The minimum Gasteiger partial charge on any atom is -0.486 e. The number of halogens is 1. The van der Waals surface area contributed by atoms with Crippen LogP contribution in [0.4, 0.5) is 10.1 Å². The van der Waals surface area contributed by atoms with Gasteiger partial charge in [0.2, 0.25) is 0 Å². The van der Waals surface area contributed by atoms with Gasteiger partial charge in [-0.05, 0) is 48.4 Å². The summed E-state index contributed by atoms with van der Waals surface area (Å²) in [6.45, 7) is 3.74. The van der Waals surface area contributed by atoms with Gasteiger partial charge in [-0.3, -0.25) is 0 Å². The highest BCUT2D eigenvalue weighted by atomic mass is 19.1. The number of ether oxygens (including phenoxy) is 1. The van der Waals surface area contributed by atoms with Gasteiger partial charge in [-0.15, -0.1) is 0 Å². The molecule has 1 aliphatic heterocycles. The molecule has 0 aromatic heterocycles. The van der Waals surface area contributed by atoms with E-state index < -0.39 is 0 Å². The lowest BCUT2D eigenvalue weighted by Gasteiger charge is -2.28. The van der Waals surface area contributed by atoms with Crippen molar-refractivity contribution >= 4 is 16.5 Å². The summed E-state index contributed by atoms with van der Waals surface area (Å²) in [4.78, 5) is 0. The van der Waals surface area contributed by atoms with Crippen LogP contribution in [0.5, 0.6) is 5.75 Å². The summed E-state index contributed by atoms with van der Waals surface area (Å²) < 4.78 is 19.2. The van der Waals surface area contributed by atoms with Gasteiger partial charge in [0.15, 0.2) is 0 Å². The molecule has 3 aromatic carbocycles. The predicted molar refractivity (Wildman–Crippen MR) is 104 cm³/mol. The second kappa shape index (κ2) is 7.34. The Morgan fingerprint density at radius 2 is 2.00 bits per heavy atom. The first-order valence-corrected chi connectivity index (χ1v) is 9.12. The van der Waals surface area contributed by atoms with E-state index in [4.69, 9.17) is 4.74 Å². The number of nitrogens with one attached hydrogen (secondary N) is 2. The Labute approximate surface area is 153 Å². The highest BCUT2D eigenvalue weighted by molar-refractivity contribution is 5.86. The first-order valence-electron chi connectivity index (χ1n) is 9.12. The topological polar surface area (TPSA) is 33.3 Å². The highest BCUT2D eigenvalue weighted by Crippen LogP contribution is 2.30. The summed E-state index contributed by atoms with van der Waals surface area (Å²) in [7, 11) is 0. The van der Waals surface area contributed by atoms with Crippen molar-refractivity contribution < 1.29 is 9.13 Å². The summed E-state index contributed by atoms with van der Waals surface area (Å²) in [6, 6.07) is 19.8. The van der Waals surface area contributed by atoms with Gasteiger partial charge in [-0.25, -0.2) is 4.39 Å². The minimum absolute atomic E-state index is 0.0835. The van der Waals surface area contributed by atoms with Crippen molar-refractivity contribution in [3.05, 3.63) is 72.0 Å². The fraction of sp³-hybridized carbons (Fsp3) is 0.273. The van der Waals surface area contributed by atoms with Gasteiger partial charge in [0.1, 0.15) is 17.7 Å². The molecule has 1 unspecified atom stereocenters. The van der Waals surface area contributed by atoms with E-state index in [1.165, 1.54) is 28.5 Å². The fourth-order valence-electron chi connectivity index (χ4n) is 3.55. The van der Waals surface area contributed by atoms with Gasteiger partial charge >= 0.3 is 0 Å². The average Bonchev–Trinajstić information content (AvgIpc) is 2.67. The van der Waals surface area contributed by atoms with Crippen molar-refractivity contribution in [2.45, 2.75) is 25.5 Å². The Morgan fingerprint density at radius 1 is 1.15 bits per heavy atom. The van der Waals surface area contributed by atoms with Crippen LogP contribution >= 0.6 is 0 Å². The highest BCUT2D eigenvalue weighted by Gasteiger charge is 2.19. The zero-order valence-electron chi connectivity index (χ0n) is 14.8. The van der Waals surface area contributed by atoms with Crippen LogP contribution in [0.15, 0.2) is 60.7 Å². The molecule has 4 heteroatoms. The number of anilines is 1. The van der Waals surface area contributed by atoms with E-state index >= 15 is 0 Å². The van der Waals surface area contributed by atoms with Crippen molar-refractivity contribution in [1.82, 2.24) is 5.32 Å². The van der Waals surface area contributed by atoms with Gasteiger partial charge in [0.25, 0.3) is 0 Å². The van der Waals surface area contributed by atoms with Crippen molar-refractivity contribution in [1.29, 1.82) is 0 Å². The van der Waals surface area contributed by atoms with Gasteiger partial charge in [0.05, 0.1) is 12.2 Å². The van der Waals surface area contributed by atoms with Crippen LogP contribution in [0.2, 0.25) is 0 Å². The van der Waals surface area contributed by atoms with Crippen LogP contribution in [-0.2, 0) is 0 Å². The molecule has 26 heavy (non-hydrogen) atoms. The molecule has 0 fully saturated rings. The van der Waals surface area contributed by atoms with E-state index in [1.807, 2.05) is 0 Å². The molecule has 0 bridgehead atoms. The van der Waals surface area contributed by atoms with Gasteiger partial charge in [-0.1, -0.05) is 42.5 Å². The number of hydrogen-bond donors (Lipinski definition) is 2. The van der Waals surface area contributed by atoms with Gasteiger partial charge in [0, 0.05) is 12.1 Å². The molecule has 2 atom stereocenters. The van der Waals surface area contributed by atoms with Crippen LogP contribution in [0.25, 0.3) is 10.8 Å². The molecule has 1 aliphatic rings. The molecule has 134 valence electrons. The molecule has 4 rings (SSSR count). The normalized spacial score (nSPS) is 17.2. The zero-order chi connectivity index (χ0) is 17.9. The molecular formula is C22H23FN2O. The third-order valence-corrected chi connectivity index (χ3v) is 4.96. The van der Waals surface area contributed by atoms with Crippen LogP contribution in [0, 0.1) is 5.82 Å². The number of benzene rings is 3. The quantitative estimate of drug-likeness (QED) is 0.687. The summed E-state index contributed by atoms with van der Waals surface area (Å²) in [5, 5.41) is 9.42. The van der Waals surface area contributed by atoms with E-state index in [2.05, 4.69) is 60.0 Å². The Kier molecular flexibility index (Phi) is 4.76. The Balaban J connectivity index is 1.35. The lowest BCUT2D eigenvalue weighted by Crippen LogP contribution is -2.34. The third kappa shape index (κ3) is 3.51. The lowest BCUT2D eigenvalue weighted by atomic mass is 9.99. The first kappa shape index (κ1) is 16.9. The maximum Gasteiger partial charge on any atom is 0.143 e. The molecule has 0 amide bonds. The van der Waals surface area contributed by atoms with Gasteiger partial charge in [-0.2, -0.15) is 0 Å². The van der Waals surface area contributed by atoms with E-state index in [9.17, 15) is 4.39 Å². The molecule has 1 heterocycles. The molecule has 0 saturated carbocycles. The molecule has 0 aliphatic carbocycles. The lowest BCUT2D eigenvalue weighted by molar-refractivity contribution is 0.193. The second-order valence-corrected chi connectivity index (χ2v) is 6.79. The zero-order valence-corrected chi connectivity index (χ0v) is 14.8. The maximum atomic E-state index is 13.2. The Bertz CT molecular complexity index is 906. The van der Waals surface area contributed by atoms with Crippen molar-refractivity contribution in [2.75, 3.05) is 18.4 Å². The summed E-state index contributed by atoms with van der Waals surface area (Å²) in [5.41, 5.74) is 2.05. The average molecular weight is 350 g/mol. The molecular weight excluding hydrogens is 327 g/mol. The third-order valence-electron chi connectivity index (χ3n) is 4.96. The Hall–Kier alpha value is -2.59. The monoisotopic (exact) mass is 350 g/mol. The number of hydrogen-bond acceptors (Lipinski definition) is 3. The predicted octanol–water partition coefficient (Wildman–Crippen LogP) is 4.89. The smallest absolute Gasteiger partial charge is 0.143 e. The number of fused-ring (bicyclic) bond motifs is 2. The van der Waals surface area contributed by atoms with Crippen LogP contribution in [-0.4, -0.2) is 19.2 Å². The van der Waals surface area contributed by atoms with Crippen molar-refractivity contribution in [3.63, 3.8) is 0 Å². The minimum atomic E-state index is -0.246. The SMILES string of the molecule is C[C@@H](NCCC1CNc2cc(F)ccc2O1)c1cccc2ccccc12. The van der Waals surface area contributed by atoms with E-state index in [1.54, 1.807) is 6.07 Å². The maximum absolute atomic E-state index is 13.2. The van der Waals surface area contributed by atoms with E-state index in [-0.39, 0.29) is 18.0 Å². The number of rotatable bonds is 5. The summed E-state index contributed by atoms with van der Waals surface area (Å²) in [5.74, 6) is 0.480. The van der Waals surface area contributed by atoms with Crippen molar-refractivity contribution in [3.8, 4) is 5.75 Å². The molecule has 2 N–H and O–H groups in total. The van der Waals surface area contributed by atoms with Gasteiger partial charge < -0.3 is 15.4 Å². The standard InChI is InChI=1S/C22H23FN2O/c1-15(19-8-4-6-16-5-2-3-7-20(16)19)24-12-11-18-14-25-21-13-17(23)9-10-22(21)26-18/h2-10,13,15,18,24-25H,11-12,14H2,1H3/t15-,18?/m1/s1. The molecule has 3 nitrogen and oxygen atoms in total. The van der Waals surface area contributed by atoms with Crippen LogP contribution in [0.3, 0.4) is 0 Å². The molecule has 0 saturated heterocycles. The van der Waals surface area contributed by atoms with E-state index in [0.717, 1.165) is 24.4 Å². The largest absolute Gasteiger partial charge is 0.486 e. The van der Waals surface area contributed by atoms with E-state index in [0.29, 0.717) is 6.54 Å². The summed E-state index contributed by atoms with van der Waals surface area (Å²) >= 11 is 0. The van der Waals surface area contributed by atoms with Crippen molar-refractivity contribution in [2.24, 2.45) is 0 Å². The Morgan fingerprint density at radius 3 is 2.92 bits per heavy atom. The first-order chi connectivity index (χ1) is 12.7. The fourth-order valence-corrected chi connectivity index (χ4v) is 3.55. The molecule has 3 aromatic rings. The summed E-state index contributed by atoms with van der Waals surface area (Å²) in [6.07, 6.45) is 0.971. The second-order valence-electron chi connectivity index (χ2n) is 6.79.